The number of aromatic nitrogens is 2. The molecule has 42 heavy (non-hydrogen) atoms. The van der Waals surface area contributed by atoms with Crippen molar-refractivity contribution in [2.45, 2.75) is 48.8 Å². The molecule has 1 N–H and O–H groups in total. The van der Waals surface area contributed by atoms with Crippen LogP contribution in [0.2, 0.25) is 0 Å². The molecular formula is C29H33N5O7S. The van der Waals surface area contributed by atoms with Gasteiger partial charge in [0.25, 0.3) is 21.8 Å². The van der Waals surface area contributed by atoms with E-state index in [0.29, 0.717) is 35.3 Å². The third-order valence-corrected chi connectivity index (χ3v) is 9.88. The summed E-state index contributed by atoms with van der Waals surface area (Å²) >= 11 is 0. The van der Waals surface area contributed by atoms with Crippen molar-refractivity contribution in [1.29, 1.82) is 0 Å². The van der Waals surface area contributed by atoms with Crippen molar-refractivity contribution in [3.05, 3.63) is 59.9 Å². The quantitative estimate of drug-likeness (QED) is 0.395. The fraction of sp³-hybridized carbons (Fsp3) is 0.448. The minimum atomic E-state index is -4.24. The molecule has 0 aliphatic carbocycles. The fourth-order valence-corrected chi connectivity index (χ4v) is 7.40. The Morgan fingerprint density at radius 3 is 2.43 bits per heavy atom. The second-order valence-corrected chi connectivity index (χ2v) is 12.6. The summed E-state index contributed by atoms with van der Waals surface area (Å²) in [5, 5.41) is 2.94. The Morgan fingerprint density at radius 2 is 1.74 bits per heavy atom. The van der Waals surface area contributed by atoms with Gasteiger partial charge < -0.3 is 24.3 Å². The van der Waals surface area contributed by atoms with Crippen molar-refractivity contribution >= 4 is 38.8 Å². The minimum absolute atomic E-state index is 0.0113. The number of amides is 3. The minimum Gasteiger partial charge on any atom is -0.376 e. The van der Waals surface area contributed by atoms with E-state index in [2.05, 4.69) is 5.32 Å². The monoisotopic (exact) mass is 595 g/mol. The maximum Gasteiger partial charge on any atom is 0.269 e. The van der Waals surface area contributed by atoms with Crippen LogP contribution in [0.5, 0.6) is 0 Å². The predicted molar refractivity (Wildman–Crippen MR) is 151 cm³/mol. The summed E-state index contributed by atoms with van der Waals surface area (Å²) in [4.78, 5) is 47.2. The third kappa shape index (κ3) is 5.16. The van der Waals surface area contributed by atoms with Gasteiger partial charge in [0.05, 0.1) is 28.8 Å². The number of aryl methyl sites for hydroxylation is 1. The molecule has 0 radical (unpaired) electrons. The SMILES string of the molecule is Cn1c([C@H](C(=O)NC[C@@H]2CCCO2)N(C[C@H]2CCCO2)C(=O)CN2C(=O)c3ccccc3S2(=O)=O)nc2ccccc21. The van der Waals surface area contributed by atoms with Crippen molar-refractivity contribution in [1.82, 2.24) is 24.1 Å². The van der Waals surface area contributed by atoms with E-state index < -0.39 is 40.3 Å². The number of para-hydroxylation sites is 2. The summed E-state index contributed by atoms with van der Waals surface area (Å²) in [6, 6.07) is 12.0. The van der Waals surface area contributed by atoms with Crippen LogP contribution in [-0.2, 0) is 36.1 Å². The molecule has 3 aromatic rings. The van der Waals surface area contributed by atoms with E-state index in [0.717, 1.165) is 24.8 Å². The van der Waals surface area contributed by atoms with E-state index in [4.69, 9.17) is 14.5 Å². The normalized spacial score (nSPS) is 21.9. The number of ether oxygens (including phenoxy) is 2. The smallest absolute Gasteiger partial charge is 0.269 e. The number of nitrogens with one attached hydrogen (secondary N) is 1. The molecule has 12 nitrogen and oxygen atoms in total. The first-order valence-corrected chi connectivity index (χ1v) is 15.6. The van der Waals surface area contributed by atoms with Crippen molar-refractivity contribution in [3.63, 3.8) is 0 Å². The van der Waals surface area contributed by atoms with E-state index in [-0.39, 0.29) is 35.8 Å². The third-order valence-electron chi connectivity index (χ3n) is 8.09. The van der Waals surface area contributed by atoms with Gasteiger partial charge in [0.2, 0.25) is 5.91 Å². The van der Waals surface area contributed by atoms with Crippen LogP contribution < -0.4 is 5.32 Å². The topological polar surface area (TPSA) is 140 Å². The molecule has 0 bridgehead atoms. The lowest BCUT2D eigenvalue weighted by atomic mass is 10.1. The van der Waals surface area contributed by atoms with Gasteiger partial charge >= 0.3 is 0 Å². The first-order chi connectivity index (χ1) is 20.3. The van der Waals surface area contributed by atoms with E-state index in [9.17, 15) is 22.8 Å². The summed E-state index contributed by atoms with van der Waals surface area (Å²) in [5.41, 5.74) is 1.42. The molecule has 13 heteroatoms. The molecule has 0 unspecified atom stereocenters. The number of rotatable bonds is 9. The number of hydrogen-bond acceptors (Lipinski definition) is 8. The van der Waals surface area contributed by atoms with Gasteiger partial charge in [-0.2, -0.15) is 0 Å². The molecule has 3 aliphatic rings. The number of imidazole rings is 1. The molecule has 0 saturated carbocycles. The van der Waals surface area contributed by atoms with Crippen molar-refractivity contribution in [2.75, 3.05) is 32.8 Å². The number of carbonyl (C=O) groups excluding carboxylic acids is 3. The highest BCUT2D eigenvalue weighted by molar-refractivity contribution is 7.90. The van der Waals surface area contributed by atoms with Gasteiger partial charge in [-0.1, -0.05) is 24.3 Å². The molecule has 4 heterocycles. The van der Waals surface area contributed by atoms with Crippen LogP contribution >= 0.6 is 0 Å². The molecule has 0 spiro atoms. The van der Waals surface area contributed by atoms with E-state index >= 15 is 0 Å². The lowest BCUT2D eigenvalue weighted by Gasteiger charge is -2.33. The van der Waals surface area contributed by atoms with Crippen LogP contribution in [0.3, 0.4) is 0 Å². The van der Waals surface area contributed by atoms with E-state index in [1.807, 2.05) is 24.3 Å². The zero-order valence-corrected chi connectivity index (χ0v) is 24.1. The van der Waals surface area contributed by atoms with Gasteiger partial charge in [-0.3, -0.25) is 14.4 Å². The lowest BCUT2D eigenvalue weighted by molar-refractivity contribution is -0.143. The summed E-state index contributed by atoms with van der Waals surface area (Å²) < 4.78 is 40.4. The van der Waals surface area contributed by atoms with Gasteiger partial charge in [0.15, 0.2) is 6.04 Å². The van der Waals surface area contributed by atoms with Crippen molar-refractivity contribution in [3.8, 4) is 0 Å². The highest BCUT2D eigenvalue weighted by Gasteiger charge is 2.45. The van der Waals surface area contributed by atoms with E-state index in [1.54, 1.807) is 17.7 Å². The summed E-state index contributed by atoms with van der Waals surface area (Å²) in [6.45, 7) is 0.662. The average molecular weight is 596 g/mol. The summed E-state index contributed by atoms with van der Waals surface area (Å²) in [6.07, 6.45) is 2.68. The summed E-state index contributed by atoms with van der Waals surface area (Å²) in [5.74, 6) is -1.65. The van der Waals surface area contributed by atoms with Crippen LogP contribution in [-0.4, -0.2) is 90.0 Å². The highest BCUT2D eigenvalue weighted by Crippen LogP contribution is 2.32. The molecule has 3 atom stereocenters. The van der Waals surface area contributed by atoms with Gasteiger partial charge in [-0.15, -0.1) is 0 Å². The molecular weight excluding hydrogens is 562 g/mol. The average Bonchev–Trinajstić information content (AvgIpc) is 3.79. The van der Waals surface area contributed by atoms with Crippen molar-refractivity contribution in [2.24, 2.45) is 7.05 Å². The maximum absolute atomic E-state index is 14.1. The van der Waals surface area contributed by atoms with Gasteiger partial charge in [0, 0.05) is 33.4 Å². The molecule has 6 rings (SSSR count). The molecule has 2 fully saturated rings. The zero-order valence-electron chi connectivity index (χ0n) is 23.3. The second kappa shape index (κ2) is 11.5. The molecule has 2 aromatic carbocycles. The molecule has 3 amide bonds. The van der Waals surface area contributed by atoms with Gasteiger partial charge in [-0.05, 0) is 49.9 Å². The second-order valence-electron chi connectivity index (χ2n) is 10.8. The summed E-state index contributed by atoms with van der Waals surface area (Å²) in [7, 11) is -2.48. The Labute approximate surface area is 243 Å². The molecule has 1 aromatic heterocycles. The number of nitrogens with zero attached hydrogens (tertiary/aromatic N) is 4. The first kappa shape index (κ1) is 28.3. The molecule has 222 valence electrons. The number of sulfonamides is 1. The fourth-order valence-electron chi connectivity index (χ4n) is 5.88. The Balaban J connectivity index is 1.37. The zero-order chi connectivity index (χ0) is 29.4. The Hall–Kier alpha value is -3.81. The largest absolute Gasteiger partial charge is 0.376 e. The first-order valence-electron chi connectivity index (χ1n) is 14.1. The lowest BCUT2D eigenvalue weighted by Crippen LogP contribution is -2.51. The van der Waals surface area contributed by atoms with Gasteiger partial charge in [-0.25, -0.2) is 17.7 Å². The van der Waals surface area contributed by atoms with Crippen LogP contribution in [0, 0.1) is 0 Å². The number of fused-ring (bicyclic) bond motifs is 2. The van der Waals surface area contributed by atoms with Crippen LogP contribution in [0.1, 0.15) is 47.9 Å². The number of benzene rings is 2. The predicted octanol–water partition coefficient (Wildman–Crippen LogP) is 1.76. The maximum atomic E-state index is 14.1. The van der Waals surface area contributed by atoms with Crippen molar-refractivity contribution < 1.29 is 32.3 Å². The highest BCUT2D eigenvalue weighted by atomic mass is 32.2. The number of hydrogen-bond donors (Lipinski definition) is 1. The van der Waals surface area contributed by atoms with E-state index in [1.165, 1.54) is 23.1 Å². The van der Waals surface area contributed by atoms with Crippen LogP contribution in [0.15, 0.2) is 53.4 Å². The molecule has 3 aliphatic heterocycles. The van der Waals surface area contributed by atoms with Crippen LogP contribution in [0.4, 0.5) is 0 Å². The molecule has 2 saturated heterocycles. The van der Waals surface area contributed by atoms with Gasteiger partial charge in [0.1, 0.15) is 17.3 Å². The standard InChI is InChI=1S/C29H33N5O7S/c1-32-23-12-4-3-11-22(23)31-27(32)26(28(36)30-16-19-8-6-14-40-19)33(17-20-9-7-15-41-20)25(35)18-34-29(37)21-10-2-5-13-24(21)42(34,38)39/h2-5,10-13,19-20,26H,6-9,14-18H2,1H3,(H,30,36)/t19-,20+,26+/m0/s1. The number of carbonyl (C=O) groups is 3. The Bertz CT molecular complexity index is 1630. The Morgan fingerprint density at radius 1 is 1.05 bits per heavy atom. The van der Waals surface area contributed by atoms with Crippen LogP contribution in [0.25, 0.3) is 11.0 Å². The Kier molecular flexibility index (Phi) is 7.73.